The number of rotatable bonds is 5. The minimum absolute atomic E-state index is 0.332. The van der Waals surface area contributed by atoms with Crippen LogP contribution in [0.15, 0.2) is 53.1 Å². The molecular formula is C14H16O3. The molecule has 0 bridgehead atoms. The average Bonchev–Trinajstić information content (AvgIpc) is 2.84. The van der Waals surface area contributed by atoms with Crippen LogP contribution in [0, 0.1) is 0 Å². The Morgan fingerprint density at radius 3 is 2.53 bits per heavy atom. The molecule has 0 aliphatic carbocycles. The summed E-state index contributed by atoms with van der Waals surface area (Å²) in [4.78, 5) is 0. The third-order valence-electron chi connectivity index (χ3n) is 2.72. The van der Waals surface area contributed by atoms with E-state index in [0.29, 0.717) is 6.42 Å². The van der Waals surface area contributed by atoms with Gasteiger partial charge in [0.25, 0.3) is 0 Å². The molecule has 0 aliphatic rings. The highest BCUT2D eigenvalue weighted by molar-refractivity contribution is 5.19. The van der Waals surface area contributed by atoms with Crippen molar-refractivity contribution in [2.45, 2.75) is 18.6 Å². The summed E-state index contributed by atoms with van der Waals surface area (Å²) in [6.45, 7) is 0. The molecule has 2 aromatic rings. The van der Waals surface area contributed by atoms with Crippen molar-refractivity contribution >= 4 is 0 Å². The number of methoxy groups -OCH3 is 1. The minimum Gasteiger partial charge on any atom is -0.469 e. The quantitative estimate of drug-likeness (QED) is 0.861. The lowest BCUT2D eigenvalue weighted by molar-refractivity contribution is -0.0150. The van der Waals surface area contributed by atoms with Crippen LogP contribution in [-0.2, 0) is 11.2 Å². The number of aliphatic hydroxyl groups excluding tert-OH is 1. The normalized spacial score (nSPS) is 14.5. The van der Waals surface area contributed by atoms with Crippen LogP contribution in [0.25, 0.3) is 0 Å². The van der Waals surface area contributed by atoms with Crippen LogP contribution >= 0.6 is 0 Å². The van der Waals surface area contributed by atoms with Crippen LogP contribution in [0.4, 0.5) is 0 Å². The predicted molar refractivity (Wildman–Crippen MR) is 64.6 cm³/mol. The summed E-state index contributed by atoms with van der Waals surface area (Å²) < 4.78 is 10.6. The summed E-state index contributed by atoms with van der Waals surface area (Å²) in [7, 11) is 1.60. The molecule has 0 spiro atoms. The van der Waals surface area contributed by atoms with Gasteiger partial charge in [0, 0.05) is 13.5 Å². The first-order chi connectivity index (χ1) is 8.31. The maximum atomic E-state index is 10.1. The molecule has 17 heavy (non-hydrogen) atoms. The van der Waals surface area contributed by atoms with Gasteiger partial charge in [-0.15, -0.1) is 0 Å². The van der Waals surface area contributed by atoms with Gasteiger partial charge < -0.3 is 14.3 Å². The number of furan rings is 1. The second-order valence-electron chi connectivity index (χ2n) is 3.92. The Hall–Kier alpha value is -1.58. The van der Waals surface area contributed by atoms with Crippen molar-refractivity contribution in [1.82, 2.24) is 0 Å². The fraction of sp³-hybridized carbons (Fsp3) is 0.286. The van der Waals surface area contributed by atoms with Gasteiger partial charge in [0.15, 0.2) is 0 Å². The number of aliphatic hydroxyl groups is 1. The fourth-order valence-corrected chi connectivity index (χ4v) is 1.90. The van der Waals surface area contributed by atoms with E-state index >= 15 is 0 Å². The van der Waals surface area contributed by atoms with E-state index in [4.69, 9.17) is 9.15 Å². The smallest absolute Gasteiger partial charge is 0.108 e. The Bertz CT molecular complexity index is 422. The molecular weight excluding hydrogens is 216 g/mol. The van der Waals surface area contributed by atoms with Crippen LogP contribution in [0.5, 0.6) is 0 Å². The lowest BCUT2D eigenvalue weighted by atomic mass is 10.0. The first kappa shape index (κ1) is 11.9. The summed E-state index contributed by atoms with van der Waals surface area (Å²) in [6.07, 6.45) is 1.10. The van der Waals surface area contributed by atoms with Gasteiger partial charge in [0.2, 0.25) is 0 Å². The van der Waals surface area contributed by atoms with Gasteiger partial charge in [-0.25, -0.2) is 0 Å². The fourth-order valence-electron chi connectivity index (χ4n) is 1.90. The van der Waals surface area contributed by atoms with Crippen LogP contribution < -0.4 is 0 Å². The zero-order chi connectivity index (χ0) is 12.1. The Morgan fingerprint density at radius 1 is 1.18 bits per heavy atom. The molecule has 1 N–H and O–H groups in total. The molecule has 90 valence electrons. The molecule has 3 nitrogen and oxygen atoms in total. The molecule has 1 aromatic carbocycles. The molecule has 1 aromatic heterocycles. The summed E-state index contributed by atoms with van der Waals surface area (Å²) in [5, 5.41) is 10.1. The van der Waals surface area contributed by atoms with Crippen molar-refractivity contribution < 1.29 is 14.3 Å². The first-order valence-corrected chi connectivity index (χ1v) is 5.59. The van der Waals surface area contributed by atoms with E-state index in [9.17, 15) is 5.11 Å². The highest BCUT2D eigenvalue weighted by Gasteiger charge is 2.21. The Labute approximate surface area is 101 Å². The molecule has 2 atom stereocenters. The van der Waals surface area contributed by atoms with E-state index in [-0.39, 0.29) is 6.10 Å². The maximum absolute atomic E-state index is 10.1. The topological polar surface area (TPSA) is 42.6 Å². The van der Waals surface area contributed by atoms with Gasteiger partial charge >= 0.3 is 0 Å². The monoisotopic (exact) mass is 232 g/mol. The van der Waals surface area contributed by atoms with Gasteiger partial charge in [-0.1, -0.05) is 30.3 Å². The van der Waals surface area contributed by atoms with Crippen molar-refractivity contribution in [3.05, 3.63) is 60.1 Å². The van der Waals surface area contributed by atoms with Crippen LogP contribution in [0.1, 0.15) is 17.4 Å². The molecule has 0 radical (unpaired) electrons. The zero-order valence-electron chi connectivity index (χ0n) is 9.74. The van der Waals surface area contributed by atoms with Crippen molar-refractivity contribution in [2.75, 3.05) is 7.11 Å². The van der Waals surface area contributed by atoms with Crippen molar-refractivity contribution in [3.63, 3.8) is 0 Å². The van der Waals surface area contributed by atoms with Gasteiger partial charge in [-0.2, -0.15) is 0 Å². The summed E-state index contributed by atoms with van der Waals surface area (Å²) in [5.41, 5.74) is 0.967. The molecule has 2 rings (SSSR count). The van der Waals surface area contributed by atoms with E-state index in [1.54, 1.807) is 13.4 Å². The largest absolute Gasteiger partial charge is 0.469 e. The SMILES string of the molecule is COC(c1ccccc1)C(O)Cc1ccco1. The summed E-state index contributed by atoms with van der Waals surface area (Å²) >= 11 is 0. The second-order valence-corrected chi connectivity index (χ2v) is 3.92. The van der Waals surface area contributed by atoms with E-state index in [1.165, 1.54) is 0 Å². The van der Waals surface area contributed by atoms with Gasteiger partial charge in [0.1, 0.15) is 11.9 Å². The van der Waals surface area contributed by atoms with Gasteiger partial charge in [-0.05, 0) is 17.7 Å². The van der Waals surface area contributed by atoms with Crippen molar-refractivity contribution in [3.8, 4) is 0 Å². The van der Waals surface area contributed by atoms with Gasteiger partial charge in [0.05, 0.1) is 12.4 Å². The summed E-state index contributed by atoms with van der Waals surface area (Å²) in [6, 6.07) is 13.4. The van der Waals surface area contributed by atoms with E-state index in [0.717, 1.165) is 11.3 Å². The number of hydrogen-bond donors (Lipinski definition) is 1. The molecule has 2 unspecified atom stereocenters. The molecule has 0 saturated heterocycles. The third kappa shape index (κ3) is 2.96. The minimum atomic E-state index is -0.617. The second kappa shape index (κ2) is 5.66. The molecule has 0 aliphatic heterocycles. The van der Waals surface area contributed by atoms with Crippen molar-refractivity contribution in [2.24, 2.45) is 0 Å². The first-order valence-electron chi connectivity index (χ1n) is 5.59. The molecule has 3 heteroatoms. The highest BCUT2D eigenvalue weighted by Crippen LogP contribution is 2.23. The van der Waals surface area contributed by atoms with Crippen LogP contribution in [0.3, 0.4) is 0 Å². The predicted octanol–water partition coefficient (Wildman–Crippen LogP) is 2.57. The number of hydrogen-bond acceptors (Lipinski definition) is 3. The number of benzene rings is 1. The zero-order valence-corrected chi connectivity index (χ0v) is 9.74. The van der Waals surface area contributed by atoms with E-state index in [2.05, 4.69) is 0 Å². The third-order valence-corrected chi connectivity index (χ3v) is 2.72. The molecule has 0 fully saturated rings. The molecule has 0 amide bonds. The van der Waals surface area contributed by atoms with Crippen molar-refractivity contribution in [1.29, 1.82) is 0 Å². The Balaban J connectivity index is 2.08. The van der Waals surface area contributed by atoms with Crippen LogP contribution in [0.2, 0.25) is 0 Å². The Kier molecular flexibility index (Phi) is 3.96. The highest BCUT2D eigenvalue weighted by atomic mass is 16.5. The van der Waals surface area contributed by atoms with Gasteiger partial charge in [-0.3, -0.25) is 0 Å². The average molecular weight is 232 g/mol. The molecule has 0 saturated carbocycles. The lowest BCUT2D eigenvalue weighted by Gasteiger charge is -2.21. The molecule has 1 heterocycles. The van der Waals surface area contributed by atoms with E-state index < -0.39 is 6.10 Å². The summed E-state index contributed by atoms with van der Waals surface area (Å²) in [5.74, 6) is 0.760. The maximum Gasteiger partial charge on any atom is 0.108 e. The van der Waals surface area contributed by atoms with E-state index in [1.807, 2.05) is 42.5 Å². The lowest BCUT2D eigenvalue weighted by Crippen LogP contribution is -2.22. The van der Waals surface area contributed by atoms with Crippen LogP contribution in [-0.4, -0.2) is 18.3 Å². The standard InChI is InChI=1S/C14H16O3/c1-16-14(11-6-3-2-4-7-11)13(15)10-12-8-5-9-17-12/h2-9,13-15H,10H2,1H3. The number of ether oxygens (including phenoxy) is 1. The Morgan fingerprint density at radius 2 is 1.94 bits per heavy atom.